The lowest BCUT2D eigenvalue weighted by atomic mass is 10.1. The fraction of sp³-hybridized carbons (Fsp3) is 0.208. The number of hydrogen-bond donors (Lipinski definition) is 1. The van der Waals surface area contributed by atoms with Crippen molar-refractivity contribution in [1.29, 1.82) is 0 Å². The number of carbonyl (C=O) groups is 3. The molecule has 0 aliphatic carbocycles. The SMILES string of the molecule is CCOC(=O)c1cc(-c2ccccc2)sc1NC(=O)[C@@H](C)OC(=O)c1ccc(OC(F)(F)F)cc1. The first-order chi connectivity index (χ1) is 16.6. The van der Waals surface area contributed by atoms with Crippen LogP contribution < -0.4 is 10.1 Å². The van der Waals surface area contributed by atoms with Gasteiger partial charge in [-0.2, -0.15) is 0 Å². The van der Waals surface area contributed by atoms with Gasteiger partial charge in [-0.25, -0.2) is 9.59 Å². The Kier molecular flexibility index (Phi) is 8.13. The smallest absolute Gasteiger partial charge is 0.462 e. The molecule has 0 spiro atoms. The summed E-state index contributed by atoms with van der Waals surface area (Å²) in [6.45, 7) is 3.12. The highest BCUT2D eigenvalue weighted by atomic mass is 32.1. The van der Waals surface area contributed by atoms with Crippen LogP contribution in [0.25, 0.3) is 10.4 Å². The number of anilines is 1. The van der Waals surface area contributed by atoms with Crippen LogP contribution in [-0.4, -0.2) is 36.9 Å². The number of carbonyl (C=O) groups excluding carboxylic acids is 3. The molecule has 0 saturated heterocycles. The van der Waals surface area contributed by atoms with E-state index in [1.807, 2.05) is 30.3 Å². The number of amides is 1. The molecule has 0 unspecified atom stereocenters. The van der Waals surface area contributed by atoms with Crippen LogP contribution in [0.2, 0.25) is 0 Å². The Morgan fingerprint density at radius 1 is 1.00 bits per heavy atom. The summed E-state index contributed by atoms with van der Waals surface area (Å²) in [6.07, 6.45) is -6.13. The van der Waals surface area contributed by atoms with E-state index in [0.717, 1.165) is 46.0 Å². The number of ether oxygens (including phenoxy) is 3. The van der Waals surface area contributed by atoms with Gasteiger partial charge in [-0.15, -0.1) is 24.5 Å². The highest BCUT2D eigenvalue weighted by Gasteiger charge is 2.31. The first kappa shape index (κ1) is 25.8. The van der Waals surface area contributed by atoms with Gasteiger partial charge in [-0.3, -0.25) is 4.79 Å². The summed E-state index contributed by atoms with van der Waals surface area (Å²) < 4.78 is 50.8. The Morgan fingerprint density at radius 3 is 2.26 bits per heavy atom. The zero-order valence-corrected chi connectivity index (χ0v) is 19.4. The highest BCUT2D eigenvalue weighted by Crippen LogP contribution is 2.36. The number of benzene rings is 2. The maximum absolute atomic E-state index is 12.7. The van der Waals surface area contributed by atoms with Crippen LogP contribution in [0, 0.1) is 0 Å². The number of esters is 2. The molecule has 0 fully saturated rings. The molecular weight excluding hydrogens is 487 g/mol. The second kappa shape index (κ2) is 11.0. The van der Waals surface area contributed by atoms with Gasteiger partial charge in [0.2, 0.25) is 0 Å². The van der Waals surface area contributed by atoms with Crippen molar-refractivity contribution >= 4 is 34.2 Å². The van der Waals surface area contributed by atoms with Crippen molar-refractivity contribution in [2.45, 2.75) is 26.3 Å². The van der Waals surface area contributed by atoms with Gasteiger partial charge in [0.25, 0.3) is 5.91 Å². The summed E-state index contributed by atoms with van der Waals surface area (Å²) in [5.74, 6) is -2.75. The van der Waals surface area contributed by atoms with E-state index in [-0.39, 0.29) is 22.7 Å². The van der Waals surface area contributed by atoms with Gasteiger partial charge < -0.3 is 19.5 Å². The second-order valence-electron chi connectivity index (χ2n) is 7.05. The lowest BCUT2D eigenvalue weighted by Crippen LogP contribution is -2.30. The van der Waals surface area contributed by atoms with Gasteiger partial charge >= 0.3 is 18.3 Å². The molecule has 1 N–H and O–H groups in total. The summed E-state index contributed by atoms with van der Waals surface area (Å²) in [6, 6.07) is 14.9. The molecule has 1 amide bonds. The molecule has 1 heterocycles. The molecule has 0 bridgehead atoms. The second-order valence-corrected chi connectivity index (χ2v) is 8.10. The Balaban J connectivity index is 1.71. The van der Waals surface area contributed by atoms with Crippen LogP contribution in [0.15, 0.2) is 60.7 Å². The lowest BCUT2D eigenvalue weighted by Gasteiger charge is -2.14. The van der Waals surface area contributed by atoms with Crippen LogP contribution in [-0.2, 0) is 14.3 Å². The van der Waals surface area contributed by atoms with Gasteiger partial charge in [0.1, 0.15) is 10.8 Å². The number of nitrogens with one attached hydrogen (secondary N) is 1. The summed E-state index contributed by atoms with van der Waals surface area (Å²) in [7, 11) is 0. The maximum atomic E-state index is 12.7. The third kappa shape index (κ3) is 7.06. The average Bonchev–Trinajstić information content (AvgIpc) is 3.23. The first-order valence-electron chi connectivity index (χ1n) is 10.3. The van der Waals surface area contributed by atoms with Crippen LogP contribution in [0.4, 0.5) is 18.2 Å². The van der Waals surface area contributed by atoms with E-state index in [1.54, 1.807) is 13.0 Å². The Bertz CT molecular complexity index is 1190. The van der Waals surface area contributed by atoms with Crippen molar-refractivity contribution in [3.63, 3.8) is 0 Å². The molecule has 2 aromatic carbocycles. The topological polar surface area (TPSA) is 90.9 Å². The zero-order valence-electron chi connectivity index (χ0n) is 18.5. The molecule has 35 heavy (non-hydrogen) atoms. The van der Waals surface area contributed by atoms with Crippen molar-refractivity contribution in [3.8, 4) is 16.2 Å². The van der Waals surface area contributed by atoms with Crippen molar-refractivity contribution in [1.82, 2.24) is 0 Å². The van der Waals surface area contributed by atoms with E-state index in [1.165, 1.54) is 6.92 Å². The Labute approximate surface area is 202 Å². The van der Waals surface area contributed by atoms with Gasteiger partial charge in [0.15, 0.2) is 6.10 Å². The quantitative estimate of drug-likeness (QED) is 0.395. The van der Waals surface area contributed by atoms with Crippen LogP contribution >= 0.6 is 11.3 Å². The van der Waals surface area contributed by atoms with Gasteiger partial charge in [-0.05, 0) is 49.7 Å². The summed E-state index contributed by atoms with van der Waals surface area (Å²) >= 11 is 1.15. The number of thiophene rings is 1. The van der Waals surface area contributed by atoms with Gasteiger partial charge in [0.05, 0.1) is 17.7 Å². The van der Waals surface area contributed by atoms with Crippen molar-refractivity contribution in [2.24, 2.45) is 0 Å². The Morgan fingerprint density at radius 2 is 1.66 bits per heavy atom. The van der Waals surface area contributed by atoms with Gasteiger partial charge in [0, 0.05) is 4.88 Å². The molecule has 0 radical (unpaired) electrons. The van der Waals surface area contributed by atoms with E-state index in [4.69, 9.17) is 9.47 Å². The van der Waals surface area contributed by atoms with Crippen LogP contribution in [0.5, 0.6) is 5.75 Å². The number of rotatable bonds is 8. The van der Waals surface area contributed by atoms with Crippen LogP contribution in [0.1, 0.15) is 34.6 Å². The minimum absolute atomic E-state index is 0.0751. The summed E-state index contributed by atoms with van der Waals surface area (Å²) in [4.78, 5) is 38.1. The van der Waals surface area contributed by atoms with Crippen LogP contribution in [0.3, 0.4) is 0 Å². The van der Waals surface area contributed by atoms with Crippen molar-refractivity contribution in [3.05, 3.63) is 71.8 Å². The normalized spacial score (nSPS) is 11.9. The molecule has 0 aliphatic rings. The largest absolute Gasteiger partial charge is 0.573 e. The fourth-order valence-electron chi connectivity index (χ4n) is 2.88. The minimum atomic E-state index is -4.86. The number of alkyl halides is 3. The number of hydrogen-bond acceptors (Lipinski definition) is 7. The molecule has 7 nitrogen and oxygen atoms in total. The predicted molar refractivity (Wildman–Crippen MR) is 122 cm³/mol. The van der Waals surface area contributed by atoms with E-state index in [2.05, 4.69) is 10.1 Å². The van der Waals surface area contributed by atoms with Crippen molar-refractivity contribution in [2.75, 3.05) is 11.9 Å². The molecule has 1 atom stereocenters. The predicted octanol–water partition coefficient (Wildman–Crippen LogP) is 5.67. The standard InChI is InChI=1S/C24H20F3NO6S/c1-3-32-23(31)18-13-19(15-7-5-4-6-8-15)35-21(18)28-20(29)14(2)33-22(30)16-9-11-17(12-10-16)34-24(25,26)27/h4-14H,3H2,1-2H3,(H,28,29)/t14-/m1/s1. The monoisotopic (exact) mass is 507 g/mol. The average molecular weight is 507 g/mol. The highest BCUT2D eigenvalue weighted by molar-refractivity contribution is 7.20. The molecular formula is C24H20F3NO6S. The maximum Gasteiger partial charge on any atom is 0.573 e. The van der Waals surface area contributed by atoms with Crippen molar-refractivity contribution < 1.29 is 41.8 Å². The molecule has 11 heteroatoms. The zero-order chi connectivity index (χ0) is 25.6. The third-order valence-corrected chi connectivity index (χ3v) is 5.60. The van der Waals surface area contributed by atoms with Gasteiger partial charge in [-0.1, -0.05) is 30.3 Å². The summed E-state index contributed by atoms with van der Waals surface area (Å²) in [5, 5.41) is 2.81. The fourth-order valence-corrected chi connectivity index (χ4v) is 3.93. The Hall–Kier alpha value is -3.86. The molecule has 0 saturated carbocycles. The molecule has 3 rings (SSSR count). The molecule has 3 aromatic rings. The summed E-state index contributed by atoms with van der Waals surface area (Å²) in [5.41, 5.74) is 0.915. The minimum Gasteiger partial charge on any atom is -0.462 e. The van der Waals surface area contributed by atoms with E-state index >= 15 is 0 Å². The lowest BCUT2D eigenvalue weighted by molar-refractivity contribution is -0.274. The first-order valence-corrected chi connectivity index (χ1v) is 11.1. The molecule has 0 aliphatic heterocycles. The van der Waals surface area contributed by atoms with E-state index in [0.29, 0.717) is 0 Å². The molecule has 184 valence electrons. The van der Waals surface area contributed by atoms with E-state index in [9.17, 15) is 27.6 Å². The number of halogens is 3. The molecule has 1 aromatic heterocycles. The van der Waals surface area contributed by atoms with E-state index < -0.39 is 36.1 Å². The third-order valence-electron chi connectivity index (χ3n) is 4.50.